The van der Waals surface area contributed by atoms with Crippen LogP contribution in [-0.2, 0) is 0 Å². The lowest BCUT2D eigenvalue weighted by molar-refractivity contribution is -0.478. The van der Waals surface area contributed by atoms with Crippen molar-refractivity contribution >= 4 is 0 Å². The third kappa shape index (κ3) is 3.40. The Balaban J connectivity index is 2.83. The highest BCUT2D eigenvalue weighted by atomic mass is 16.6. The molecule has 0 saturated carbocycles. The maximum absolute atomic E-state index is 9.32. The first-order chi connectivity index (χ1) is 2.77. The molecule has 0 atom stereocenters. The van der Waals surface area contributed by atoms with Gasteiger partial charge in [0.1, 0.15) is 0 Å². The van der Waals surface area contributed by atoms with Crippen molar-refractivity contribution in [3.05, 3.63) is 17.0 Å². The van der Waals surface area contributed by atoms with Crippen molar-refractivity contribution in [3.63, 3.8) is 0 Å². The summed E-state index contributed by atoms with van der Waals surface area (Å²) in [5.74, 6) is 0. The number of rotatable bonds is 2. The van der Waals surface area contributed by atoms with Crippen molar-refractivity contribution < 1.29 is 4.92 Å². The molecule has 0 aliphatic heterocycles. The van der Waals surface area contributed by atoms with Crippen molar-refractivity contribution in [1.82, 2.24) is 0 Å². The lowest BCUT2D eigenvalue weighted by Gasteiger charge is -1.79. The Hall–Kier alpha value is -0.600. The first-order valence-electron chi connectivity index (χ1n) is 1.59. The van der Waals surface area contributed by atoms with Gasteiger partial charge in [0.15, 0.2) is 0 Å². The summed E-state index contributed by atoms with van der Waals surface area (Å²) in [5.41, 5.74) is 0. The third-order valence-corrected chi connectivity index (χ3v) is 0.312. The van der Waals surface area contributed by atoms with E-state index in [-0.39, 0.29) is 13.0 Å². The number of nitro groups is 1. The van der Waals surface area contributed by atoms with E-state index in [2.05, 4.69) is 0 Å². The zero-order valence-electron chi connectivity index (χ0n) is 3.26. The second kappa shape index (κ2) is 2.63. The predicted octanol–water partition coefficient (Wildman–Crippen LogP) is 0.364. The van der Waals surface area contributed by atoms with Crippen LogP contribution in [0.1, 0.15) is 6.42 Å². The van der Waals surface area contributed by atoms with Gasteiger partial charge in [-0.3, -0.25) is 10.1 Å². The van der Waals surface area contributed by atoms with Crippen molar-refractivity contribution in [2.45, 2.75) is 6.42 Å². The van der Waals surface area contributed by atoms with E-state index < -0.39 is 4.92 Å². The van der Waals surface area contributed by atoms with Gasteiger partial charge in [-0.2, -0.15) is 0 Å². The predicted molar refractivity (Wildman–Crippen MR) is 20.8 cm³/mol. The molecule has 6 heavy (non-hydrogen) atoms. The van der Waals surface area contributed by atoms with Crippen LogP contribution in [0, 0.1) is 17.0 Å². The maximum atomic E-state index is 9.32. The van der Waals surface area contributed by atoms with Gasteiger partial charge in [0.05, 0.1) is 0 Å². The zero-order chi connectivity index (χ0) is 4.99. The average Bonchev–Trinajstić information content (AvgIpc) is 1.35. The second-order valence-corrected chi connectivity index (χ2v) is 0.845. The molecular weight excluding hydrogens is 82.0 g/mol. The Kier molecular flexibility index (Phi) is 2.36. The van der Waals surface area contributed by atoms with Gasteiger partial charge in [0, 0.05) is 11.3 Å². The van der Waals surface area contributed by atoms with Gasteiger partial charge in [0.2, 0.25) is 6.54 Å². The van der Waals surface area contributed by atoms with E-state index in [1.807, 2.05) is 0 Å². The normalized spacial score (nSPS) is 8.17. The molecule has 0 aromatic rings. The molecule has 0 N–H and O–H groups in total. The fraction of sp³-hybridized carbons (Fsp3) is 0.667. The summed E-state index contributed by atoms with van der Waals surface area (Å²) in [5, 5.41) is 9.32. The van der Waals surface area contributed by atoms with Gasteiger partial charge in [-0.05, 0) is 6.92 Å². The van der Waals surface area contributed by atoms with E-state index in [1.54, 1.807) is 0 Å². The van der Waals surface area contributed by atoms with Crippen molar-refractivity contribution in [1.29, 1.82) is 0 Å². The SMILES string of the molecule is [CH]CC[N+](=O)[O-]. The van der Waals surface area contributed by atoms with Crippen LogP contribution >= 0.6 is 0 Å². The van der Waals surface area contributed by atoms with E-state index in [1.165, 1.54) is 0 Å². The van der Waals surface area contributed by atoms with Crippen molar-refractivity contribution in [2.24, 2.45) is 0 Å². The Bertz CT molecular complexity index is 52.8. The highest BCUT2D eigenvalue weighted by molar-refractivity contribution is 4.31. The summed E-state index contributed by atoms with van der Waals surface area (Å²) >= 11 is 0. The van der Waals surface area contributed by atoms with E-state index in [0.717, 1.165) is 0 Å². The second-order valence-electron chi connectivity index (χ2n) is 0.845. The highest BCUT2D eigenvalue weighted by Crippen LogP contribution is 1.71. The monoisotopic (exact) mass is 87.0 g/mol. The lowest BCUT2D eigenvalue weighted by atomic mass is 10.5. The molecule has 0 rings (SSSR count). The summed E-state index contributed by atoms with van der Waals surface area (Å²) in [6.07, 6.45) is 0.132. The first-order valence-corrected chi connectivity index (χ1v) is 1.59. The quantitative estimate of drug-likeness (QED) is 0.360. The minimum absolute atomic E-state index is 0.125. The molecule has 0 aliphatic rings. The molecule has 0 saturated heterocycles. The third-order valence-electron chi connectivity index (χ3n) is 0.312. The molecule has 0 bridgehead atoms. The molecular formula is C3H5NO2. The lowest BCUT2D eigenvalue weighted by Crippen LogP contribution is -1.96. The Morgan fingerprint density at radius 3 is 2.33 bits per heavy atom. The van der Waals surface area contributed by atoms with Gasteiger partial charge in [0.25, 0.3) is 0 Å². The summed E-state index contributed by atoms with van der Waals surface area (Å²) in [6.45, 7) is 4.66. The van der Waals surface area contributed by atoms with Crippen LogP contribution in [0.2, 0.25) is 0 Å². The van der Waals surface area contributed by atoms with Crippen LogP contribution in [0.5, 0.6) is 0 Å². The van der Waals surface area contributed by atoms with Crippen LogP contribution in [0.15, 0.2) is 0 Å². The highest BCUT2D eigenvalue weighted by Gasteiger charge is 1.86. The molecule has 0 amide bonds. The van der Waals surface area contributed by atoms with E-state index in [0.29, 0.717) is 0 Å². The van der Waals surface area contributed by atoms with Crippen LogP contribution in [0.4, 0.5) is 0 Å². The average molecular weight is 87.1 g/mol. The molecule has 0 fully saturated rings. The minimum atomic E-state index is -0.444. The van der Waals surface area contributed by atoms with Crippen molar-refractivity contribution in [3.8, 4) is 0 Å². The largest absolute Gasteiger partial charge is 0.265 e. The summed E-state index contributed by atoms with van der Waals surface area (Å²) in [6, 6.07) is 0. The number of hydrogen-bond donors (Lipinski definition) is 0. The standard InChI is InChI=1S/C3H5NO2/c1-2-3-4(5)6/h1H,2-3H2. The molecule has 3 heteroatoms. The van der Waals surface area contributed by atoms with E-state index >= 15 is 0 Å². The maximum Gasteiger partial charge on any atom is 0.204 e. The van der Waals surface area contributed by atoms with Crippen molar-refractivity contribution in [2.75, 3.05) is 6.54 Å². The summed E-state index contributed by atoms with van der Waals surface area (Å²) in [7, 11) is 0. The minimum Gasteiger partial charge on any atom is -0.265 e. The van der Waals surface area contributed by atoms with Crippen LogP contribution in [0.3, 0.4) is 0 Å². The van der Waals surface area contributed by atoms with Gasteiger partial charge >= 0.3 is 0 Å². The molecule has 0 aromatic carbocycles. The Labute approximate surface area is 36.1 Å². The van der Waals surface area contributed by atoms with Crippen LogP contribution < -0.4 is 0 Å². The summed E-state index contributed by atoms with van der Waals surface area (Å²) in [4.78, 5) is 8.88. The molecule has 2 radical (unpaired) electrons. The van der Waals surface area contributed by atoms with Gasteiger partial charge in [-0.25, -0.2) is 0 Å². The summed E-state index contributed by atoms with van der Waals surface area (Å²) < 4.78 is 0. The fourth-order valence-electron chi connectivity index (χ4n) is 0.105. The first kappa shape index (κ1) is 5.40. The topological polar surface area (TPSA) is 43.1 Å². The molecule has 34 valence electrons. The number of nitrogens with zero attached hydrogens (tertiary/aromatic N) is 1. The van der Waals surface area contributed by atoms with E-state index in [9.17, 15) is 10.1 Å². The molecule has 0 heterocycles. The molecule has 3 nitrogen and oxygen atoms in total. The molecule has 0 aliphatic carbocycles. The van der Waals surface area contributed by atoms with Gasteiger partial charge in [-0.15, -0.1) is 0 Å². The fourth-order valence-corrected chi connectivity index (χ4v) is 0.105. The Morgan fingerprint density at radius 1 is 1.83 bits per heavy atom. The molecule has 0 spiro atoms. The Morgan fingerprint density at radius 2 is 2.33 bits per heavy atom. The smallest absolute Gasteiger partial charge is 0.204 e. The van der Waals surface area contributed by atoms with Crippen LogP contribution in [-0.4, -0.2) is 11.5 Å². The van der Waals surface area contributed by atoms with E-state index in [4.69, 9.17) is 6.92 Å². The molecule has 0 aromatic heterocycles. The van der Waals surface area contributed by atoms with Gasteiger partial charge in [-0.1, -0.05) is 0 Å². The van der Waals surface area contributed by atoms with Gasteiger partial charge < -0.3 is 0 Å². The van der Waals surface area contributed by atoms with Crippen LogP contribution in [0.25, 0.3) is 0 Å². The zero-order valence-corrected chi connectivity index (χ0v) is 3.26. The molecule has 0 unspecified atom stereocenters. The number of hydrogen-bond acceptors (Lipinski definition) is 2.